The molecule has 0 aliphatic heterocycles. The van der Waals surface area contributed by atoms with E-state index in [0.717, 1.165) is 12.2 Å². The van der Waals surface area contributed by atoms with Gasteiger partial charge in [0.25, 0.3) is 0 Å². The molecule has 2 aromatic rings. The topological polar surface area (TPSA) is 35.2 Å². The molecule has 2 rings (SSSR count). The van der Waals surface area contributed by atoms with Crippen molar-refractivity contribution < 1.29 is 4.74 Å². The molecule has 0 amide bonds. The van der Waals surface area contributed by atoms with E-state index in [4.69, 9.17) is 10.5 Å². The Bertz CT molecular complexity index is 572. The summed E-state index contributed by atoms with van der Waals surface area (Å²) in [6.07, 6.45) is 0.948. The second-order valence-corrected chi connectivity index (χ2v) is 5.60. The molecule has 0 aliphatic rings. The van der Waals surface area contributed by atoms with Crippen LogP contribution >= 0.6 is 0 Å². The maximum absolute atomic E-state index is 6.04. The Labute approximate surface area is 127 Å². The van der Waals surface area contributed by atoms with Crippen molar-refractivity contribution >= 4 is 0 Å². The predicted molar refractivity (Wildman–Crippen MR) is 89.0 cm³/mol. The minimum Gasteiger partial charge on any atom is -0.494 e. The highest BCUT2D eigenvalue weighted by molar-refractivity contribution is 5.38. The van der Waals surface area contributed by atoms with Crippen molar-refractivity contribution in [1.29, 1.82) is 0 Å². The van der Waals surface area contributed by atoms with Crippen LogP contribution in [0.4, 0.5) is 0 Å². The Morgan fingerprint density at radius 2 is 1.71 bits per heavy atom. The molecular formula is C19H25NO. The van der Waals surface area contributed by atoms with Gasteiger partial charge in [-0.25, -0.2) is 0 Å². The molecule has 0 saturated heterocycles. The van der Waals surface area contributed by atoms with Crippen LogP contribution in [0.1, 0.15) is 35.1 Å². The van der Waals surface area contributed by atoms with Crippen LogP contribution in [0.15, 0.2) is 42.5 Å². The van der Waals surface area contributed by atoms with E-state index in [2.05, 4.69) is 44.2 Å². The van der Waals surface area contributed by atoms with Crippen molar-refractivity contribution in [1.82, 2.24) is 0 Å². The minimum atomic E-state index is 0.286. The monoisotopic (exact) mass is 283 g/mol. The van der Waals surface area contributed by atoms with Gasteiger partial charge in [-0.05, 0) is 50.9 Å². The van der Waals surface area contributed by atoms with Gasteiger partial charge in [0, 0.05) is 5.92 Å². The number of nitrogens with two attached hydrogens (primary N) is 1. The maximum Gasteiger partial charge on any atom is 0.122 e. The lowest BCUT2D eigenvalue weighted by Crippen LogP contribution is -2.16. The van der Waals surface area contributed by atoms with Gasteiger partial charge in [0.15, 0.2) is 0 Å². The predicted octanol–water partition coefficient (Wildman–Crippen LogP) is 3.99. The molecular weight excluding hydrogens is 258 g/mol. The number of hydrogen-bond acceptors (Lipinski definition) is 2. The highest BCUT2D eigenvalue weighted by atomic mass is 16.5. The van der Waals surface area contributed by atoms with E-state index in [0.29, 0.717) is 13.2 Å². The normalized spacial score (nSPS) is 12.2. The molecule has 2 aromatic carbocycles. The molecule has 2 N–H and O–H groups in total. The van der Waals surface area contributed by atoms with Gasteiger partial charge in [0.05, 0.1) is 6.61 Å². The zero-order valence-electron chi connectivity index (χ0n) is 13.2. The van der Waals surface area contributed by atoms with Gasteiger partial charge < -0.3 is 10.5 Å². The summed E-state index contributed by atoms with van der Waals surface area (Å²) in [5.74, 6) is 1.24. The highest BCUT2D eigenvalue weighted by Gasteiger charge is 2.15. The molecule has 0 fully saturated rings. The Hall–Kier alpha value is -1.80. The first-order chi connectivity index (χ1) is 10.1. The van der Waals surface area contributed by atoms with Crippen molar-refractivity contribution in [3.63, 3.8) is 0 Å². The van der Waals surface area contributed by atoms with Crippen LogP contribution in [0.2, 0.25) is 0 Å². The molecule has 0 radical (unpaired) electrons. The Kier molecular flexibility index (Phi) is 5.40. The van der Waals surface area contributed by atoms with Crippen LogP contribution in [0.3, 0.4) is 0 Å². The minimum absolute atomic E-state index is 0.286. The third-order valence-electron chi connectivity index (χ3n) is 3.71. The first kappa shape index (κ1) is 15.6. The summed E-state index contributed by atoms with van der Waals surface area (Å²) in [6.45, 7) is 7.59. The molecule has 1 unspecified atom stereocenters. The molecule has 0 saturated carbocycles. The third-order valence-corrected chi connectivity index (χ3v) is 3.71. The van der Waals surface area contributed by atoms with E-state index in [9.17, 15) is 0 Å². The molecule has 0 heterocycles. The third kappa shape index (κ3) is 4.08. The summed E-state index contributed by atoms with van der Waals surface area (Å²) in [4.78, 5) is 0. The number of rotatable bonds is 6. The van der Waals surface area contributed by atoms with Gasteiger partial charge in [0.2, 0.25) is 0 Å². The van der Waals surface area contributed by atoms with E-state index in [1.54, 1.807) is 0 Å². The Balaban J connectivity index is 2.27. The maximum atomic E-state index is 6.04. The Morgan fingerprint density at radius 3 is 2.33 bits per heavy atom. The van der Waals surface area contributed by atoms with Gasteiger partial charge >= 0.3 is 0 Å². The van der Waals surface area contributed by atoms with E-state index in [1.165, 1.54) is 22.3 Å². The first-order valence-electron chi connectivity index (χ1n) is 7.63. The second-order valence-electron chi connectivity index (χ2n) is 5.60. The van der Waals surface area contributed by atoms with Crippen LogP contribution in [0, 0.1) is 13.8 Å². The van der Waals surface area contributed by atoms with E-state index in [1.807, 2.05) is 19.1 Å². The molecule has 0 aliphatic carbocycles. The first-order valence-corrected chi connectivity index (χ1v) is 7.63. The molecule has 0 aromatic heterocycles. The van der Waals surface area contributed by atoms with Crippen molar-refractivity contribution in [2.24, 2.45) is 5.73 Å². The summed E-state index contributed by atoms with van der Waals surface area (Å²) in [5, 5.41) is 0. The molecule has 0 bridgehead atoms. The van der Waals surface area contributed by atoms with Gasteiger partial charge in [0.1, 0.15) is 5.75 Å². The average Bonchev–Trinajstić information content (AvgIpc) is 2.45. The van der Waals surface area contributed by atoms with E-state index >= 15 is 0 Å². The number of aryl methyl sites for hydroxylation is 2. The summed E-state index contributed by atoms with van der Waals surface area (Å²) in [5.41, 5.74) is 11.2. The quantitative estimate of drug-likeness (QED) is 0.870. The molecule has 2 heteroatoms. The van der Waals surface area contributed by atoms with Crippen molar-refractivity contribution in [2.45, 2.75) is 33.1 Å². The number of benzene rings is 2. The van der Waals surface area contributed by atoms with Crippen LogP contribution in [-0.2, 0) is 6.42 Å². The van der Waals surface area contributed by atoms with Gasteiger partial charge in [-0.15, -0.1) is 0 Å². The standard InChI is InChI=1S/C19H25NO/c1-4-21-19-8-6-5-7-18(19)17(13-20)12-16-10-14(2)9-15(3)11-16/h5-11,17H,4,12-13,20H2,1-3H3. The molecule has 2 nitrogen and oxygen atoms in total. The van der Waals surface area contributed by atoms with Crippen molar-refractivity contribution in [3.8, 4) is 5.75 Å². The second kappa shape index (κ2) is 7.28. The summed E-state index contributed by atoms with van der Waals surface area (Å²) in [7, 11) is 0. The smallest absolute Gasteiger partial charge is 0.122 e. The molecule has 112 valence electrons. The fourth-order valence-corrected chi connectivity index (χ4v) is 2.90. The Morgan fingerprint density at radius 1 is 1.05 bits per heavy atom. The summed E-state index contributed by atoms with van der Waals surface area (Å²) < 4.78 is 5.75. The van der Waals surface area contributed by atoms with E-state index < -0.39 is 0 Å². The zero-order chi connectivity index (χ0) is 15.2. The lowest BCUT2D eigenvalue weighted by Gasteiger charge is -2.19. The van der Waals surface area contributed by atoms with Crippen molar-refractivity contribution in [2.75, 3.05) is 13.2 Å². The molecule has 21 heavy (non-hydrogen) atoms. The summed E-state index contributed by atoms with van der Waals surface area (Å²) >= 11 is 0. The zero-order valence-corrected chi connectivity index (χ0v) is 13.2. The lowest BCUT2D eigenvalue weighted by atomic mass is 9.90. The molecule has 1 atom stereocenters. The SMILES string of the molecule is CCOc1ccccc1C(CN)Cc1cc(C)cc(C)c1. The van der Waals surface area contributed by atoms with E-state index in [-0.39, 0.29) is 5.92 Å². The number of para-hydroxylation sites is 1. The number of hydrogen-bond donors (Lipinski definition) is 1. The molecule has 0 spiro atoms. The van der Waals surface area contributed by atoms with Gasteiger partial charge in [-0.3, -0.25) is 0 Å². The largest absolute Gasteiger partial charge is 0.494 e. The highest BCUT2D eigenvalue weighted by Crippen LogP contribution is 2.29. The van der Waals surface area contributed by atoms with Crippen LogP contribution < -0.4 is 10.5 Å². The van der Waals surface area contributed by atoms with Crippen LogP contribution in [-0.4, -0.2) is 13.2 Å². The van der Waals surface area contributed by atoms with Gasteiger partial charge in [-0.1, -0.05) is 47.5 Å². The average molecular weight is 283 g/mol. The van der Waals surface area contributed by atoms with Crippen LogP contribution in [0.5, 0.6) is 5.75 Å². The fourth-order valence-electron chi connectivity index (χ4n) is 2.90. The van der Waals surface area contributed by atoms with Gasteiger partial charge in [-0.2, -0.15) is 0 Å². The van der Waals surface area contributed by atoms with Crippen LogP contribution in [0.25, 0.3) is 0 Å². The summed E-state index contributed by atoms with van der Waals surface area (Å²) in [6, 6.07) is 14.9. The fraction of sp³-hybridized carbons (Fsp3) is 0.368. The van der Waals surface area contributed by atoms with Crippen molar-refractivity contribution in [3.05, 3.63) is 64.7 Å². The lowest BCUT2D eigenvalue weighted by molar-refractivity contribution is 0.334. The number of ether oxygens (including phenoxy) is 1.